The minimum atomic E-state index is -2.06. The smallest absolute Gasteiger partial charge is 0.362 e. The summed E-state index contributed by atoms with van der Waals surface area (Å²) in [6, 6.07) is 0. The molecule has 2 atom stereocenters. The normalized spacial score (nSPS) is 22.7. The number of amides is 1. The first-order valence-corrected chi connectivity index (χ1v) is 10.0. The fourth-order valence-corrected chi connectivity index (χ4v) is 2.91. The Morgan fingerprint density at radius 2 is 1.85 bits per heavy atom. The molecule has 2 N–H and O–H groups in total. The molecule has 0 bridgehead atoms. The quantitative estimate of drug-likeness (QED) is 0.279. The average molecular weight is 370 g/mol. The maximum absolute atomic E-state index is 12.0. The molecule has 1 amide bonds. The van der Waals surface area contributed by atoms with E-state index in [1.165, 1.54) is 19.3 Å². The molecule has 150 valence electrons. The summed E-state index contributed by atoms with van der Waals surface area (Å²) in [6.07, 6.45) is 13.2. The molecule has 6 nitrogen and oxygen atoms in total. The van der Waals surface area contributed by atoms with Gasteiger partial charge < -0.3 is 19.9 Å². The SMILES string of the molecule is CCC=CCCCCCCCCOC1CC(=O)N[C@]1(O)C(=O)OCCC. The molecule has 1 unspecified atom stereocenters. The lowest BCUT2D eigenvalue weighted by Gasteiger charge is -2.26. The van der Waals surface area contributed by atoms with Crippen molar-refractivity contribution >= 4 is 11.9 Å². The number of aliphatic hydroxyl groups is 1. The average Bonchev–Trinajstić information content (AvgIpc) is 2.92. The number of hydrogen-bond donors (Lipinski definition) is 2. The van der Waals surface area contributed by atoms with Gasteiger partial charge in [-0.25, -0.2) is 4.79 Å². The molecule has 0 spiro atoms. The van der Waals surface area contributed by atoms with Crippen molar-refractivity contribution in [2.24, 2.45) is 0 Å². The van der Waals surface area contributed by atoms with Gasteiger partial charge in [0.1, 0.15) is 6.10 Å². The highest BCUT2D eigenvalue weighted by atomic mass is 16.6. The Labute approximate surface area is 157 Å². The molecule has 0 aromatic carbocycles. The largest absolute Gasteiger partial charge is 0.462 e. The number of carbonyl (C=O) groups is 2. The number of nitrogens with one attached hydrogen (secondary N) is 1. The first-order valence-electron chi connectivity index (χ1n) is 10.0. The number of hydrogen-bond acceptors (Lipinski definition) is 5. The molecular weight excluding hydrogens is 334 g/mol. The van der Waals surface area contributed by atoms with Gasteiger partial charge in [-0.3, -0.25) is 4.79 Å². The van der Waals surface area contributed by atoms with Crippen LogP contribution in [0.5, 0.6) is 0 Å². The van der Waals surface area contributed by atoms with Gasteiger partial charge in [-0.2, -0.15) is 0 Å². The zero-order chi connectivity index (χ0) is 19.3. The molecule has 0 aromatic heterocycles. The molecule has 0 saturated carbocycles. The predicted molar refractivity (Wildman–Crippen MR) is 100 cm³/mol. The van der Waals surface area contributed by atoms with Gasteiger partial charge in [-0.05, 0) is 32.1 Å². The molecule has 1 rings (SSSR count). The number of carbonyl (C=O) groups excluding carboxylic acids is 2. The van der Waals surface area contributed by atoms with Crippen LogP contribution in [-0.4, -0.2) is 42.0 Å². The number of allylic oxidation sites excluding steroid dienone is 2. The van der Waals surface area contributed by atoms with E-state index in [0.29, 0.717) is 13.0 Å². The lowest BCUT2D eigenvalue weighted by Crippen LogP contribution is -2.57. The summed E-state index contributed by atoms with van der Waals surface area (Å²) in [5.41, 5.74) is -2.06. The van der Waals surface area contributed by atoms with Crippen molar-refractivity contribution in [1.82, 2.24) is 5.32 Å². The lowest BCUT2D eigenvalue weighted by molar-refractivity contribution is -0.183. The van der Waals surface area contributed by atoms with Crippen LogP contribution in [0.15, 0.2) is 12.2 Å². The van der Waals surface area contributed by atoms with E-state index in [0.717, 1.165) is 32.1 Å². The molecule has 1 heterocycles. The highest BCUT2D eigenvalue weighted by Crippen LogP contribution is 2.23. The maximum atomic E-state index is 12.0. The van der Waals surface area contributed by atoms with Gasteiger partial charge in [-0.15, -0.1) is 0 Å². The molecule has 0 radical (unpaired) electrons. The van der Waals surface area contributed by atoms with E-state index in [1.807, 2.05) is 6.92 Å². The van der Waals surface area contributed by atoms with Crippen LogP contribution in [0.4, 0.5) is 0 Å². The summed E-state index contributed by atoms with van der Waals surface area (Å²) in [7, 11) is 0. The Bertz CT molecular complexity index is 451. The van der Waals surface area contributed by atoms with Crippen LogP contribution in [0.2, 0.25) is 0 Å². The Kier molecular flexibility index (Phi) is 11.2. The summed E-state index contributed by atoms with van der Waals surface area (Å²) in [5, 5.41) is 12.7. The lowest BCUT2D eigenvalue weighted by atomic mass is 10.1. The number of esters is 1. The highest BCUT2D eigenvalue weighted by molar-refractivity contribution is 5.91. The van der Waals surface area contributed by atoms with E-state index in [-0.39, 0.29) is 13.0 Å². The van der Waals surface area contributed by atoms with Crippen molar-refractivity contribution < 1.29 is 24.2 Å². The third kappa shape index (κ3) is 7.87. The molecule has 1 fully saturated rings. The van der Waals surface area contributed by atoms with E-state index < -0.39 is 23.7 Å². The van der Waals surface area contributed by atoms with Crippen LogP contribution in [0.25, 0.3) is 0 Å². The van der Waals surface area contributed by atoms with Crippen LogP contribution >= 0.6 is 0 Å². The second-order valence-corrected chi connectivity index (χ2v) is 6.80. The third-order valence-corrected chi connectivity index (χ3v) is 4.40. The van der Waals surface area contributed by atoms with Gasteiger partial charge in [0.05, 0.1) is 13.0 Å². The van der Waals surface area contributed by atoms with Crippen LogP contribution in [0.3, 0.4) is 0 Å². The van der Waals surface area contributed by atoms with Crippen molar-refractivity contribution in [1.29, 1.82) is 0 Å². The summed E-state index contributed by atoms with van der Waals surface area (Å²) in [6.45, 7) is 4.63. The van der Waals surface area contributed by atoms with E-state index in [9.17, 15) is 14.7 Å². The van der Waals surface area contributed by atoms with Gasteiger partial charge in [0, 0.05) is 6.61 Å². The fraction of sp³-hybridized carbons (Fsp3) is 0.800. The van der Waals surface area contributed by atoms with Crippen LogP contribution in [-0.2, 0) is 19.1 Å². The van der Waals surface area contributed by atoms with E-state index in [2.05, 4.69) is 24.4 Å². The number of unbranched alkanes of at least 4 members (excludes halogenated alkanes) is 6. The Hall–Kier alpha value is -1.40. The monoisotopic (exact) mass is 369 g/mol. The van der Waals surface area contributed by atoms with Crippen molar-refractivity contribution in [3.8, 4) is 0 Å². The molecule has 26 heavy (non-hydrogen) atoms. The maximum Gasteiger partial charge on any atom is 0.362 e. The van der Waals surface area contributed by atoms with Crippen LogP contribution in [0, 0.1) is 0 Å². The van der Waals surface area contributed by atoms with Gasteiger partial charge >= 0.3 is 5.97 Å². The van der Waals surface area contributed by atoms with Crippen molar-refractivity contribution in [3.63, 3.8) is 0 Å². The summed E-state index contributed by atoms with van der Waals surface area (Å²) < 4.78 is 10.6. The minimum absolute atomic E-state index is 0.0248. The molecule has 1 aliphatic rings. The Morgan fingerprint density at radius 1 is 1.15 bits per heavy atom. The van der Waals surface area contributed by atoms with Crippen molar-refractivity contribution in [2.45, 2.75) is 89.9 Å². The van der Waals surface area contributed by atoms with E-state index in [1.54, 1.807) is 0 Å². The third-order valence-electron chi connectivity index (χ3n) is 4.40. The predicted octanol–water partition coefficient (Wildman–Crippen LogP) is 3.23. The Morgan fingerprint density at radius 3 is 2.54 bits per heavy atom. The van der Waals surface area contributed by atoms with Crippen LogP contribution < -0.4 is 5.32 Å². The summed E-state index contributed by atoms with van der Waals surface area (Å²) in [5.74, 6) is -1.24. The fourth-order valence-electron chi connectivity index (χ4n) is 2.91. The number of ether oxygens (including phenoxy) is 2. The summed E-state index contributed by atoms with van der Waals surface area (Å²) in [4.78, 5) is 23.6. The second kappa shape index (κ2) is 12.9. The highest BCUT2D eigenvalue weighted by Gasteiger charge is 2.53. The molecule has 1 saturated heterocycles. The van der Waals surface area contributed by atoms with Gasteiger partial charge in [0.15, 0.2) is 0 Å². The van der Waals surface area contributed by atoms with E-state index >= 15 is 0 Å². The van der Waals surface area contributed by atoms with Gasteiger partial charge in [-0.1, -0.05) is 51.7 Å². The first-order chi connectivity index (χ1) is 12.5. The topological polar surface area (TPSA) is 84.9 Å². The summed E-state index contributed by atoms with van der Waals surface area (Å²) >= 11 is 0. The Balaban J connectivity index is 2.17. The van der Waals surface area contributed by atoms with Crippen LogP contribution in [0.1, 0.15) is 78.1 Å². The van der Waals surface area contributed by atoms with E-state index in [4.69, 9.17) is 9.47 Å². The van der Waals surface area contributed by atoms with Gasteiger partial charge in [0.2, 0.25) is 5.91 Å². The van der Waals surface area contributed by atoms with Crippen molar-refractivity contribution in [3.05, 3.63) is 12.2 Å². The molecular formula is C20H35NO5. The van der Waals surface area contributed by atoms with Gasteiger partial charge in [0.25, 0.3) is 5.72 Å². The standard InChI is InChI=1S/C20H35NO5/c1-3-5-6-7-8-9-10-11-12-13-15-25-17-16-18(22)21-20(17,24)19(23)26-14-4-2/h5-6,17,24H,3-4,7-16H2,1-2H3,(H,21,22)/t17?,20-/m1/s1. The zero-order valence-electron chi connectivity index (χ0n) is 16.3. The molecule has 1 aliphatic heterocycles. The second-order valence-electron chi connectivity index (χ2n) is 6.80. The van der Waals surface area contributed by atoms with Crippen molar-refractivity contribution in [2.75, 3.05) is 13.2 Å². The molecule has 6 heteroatoms. The number of rotatable bonds is 14. The molecule has 0 aliphatic carbocycles. The first kappa shape index (κ1) is 22.6. The minimum Gasteiger partial charge on any atom is -0.462 e. The zero-order valence-corrected chi connectivity index (χ0v) is 16.3. The molecule has 0 aromatic rings.